The lowest BCUT2D eigenvalue weighted by atomic mass is 9.93. The van der Waals surface area contributed by atoms with Crippen LogP contribution in [0.3, 0.4) is 0 Å². The second-order valence-electron chi connectivity index (χ2n) is 5.96. The highest BCUT2D eigenvalue weighted by molar-refractivity contribution is 5.44. The zero-order chi connectivity index (χ0) is 16.3. The minimum Gasteiger partial charge on any atom is -0.490 e. The summed E-state index contributed by atoms with van der Waals surface area (Å²) >= 11 is 0. The van der Waals surface area contributed by atoms with E-state index in [1.807, 2.05) is 20.8 Å². The van der Waals surface area contributed by atoms with Gasteiger partial charge in [-0.3, -0.25) is 0 Å². The summed E-state index contributed by atoms with van der Waals surface area (Å²) in [5.74, 6) is 1.75. The number of rotatable bonds is 5. The average Bonchev–Trinajstić information content (AvgIpc) is 2.79. The summed E-state index contributed by atoms with van der Waals surface area (Å²) < 4.78 is 23.0. The van der Waals surface area contributed by atoms with Crippen molar-refractivity contribution in [3.63, 3.8) is 0 Å². The van der Waals surface area contributed by atoms with E-state index in [2.05, 4.69) is 5.32 Å². The van der Waals surface area contributed by atoms with Crippen molar-refractivity contribution in [1.82, 2.24) is 5.32 Å². The summed E-state index contributed by atoms with van der Waals surface area (Å²) in [5.41, 5.74) is 6.15. The van der Waals surface area contributed by atoms with Gasteiger partial charge in [0.15, 0.2) is 5.79 Å². The third-order valence-corrected chi connectivity index (χ3v) is 3.85. The second-order valence-corrected chi connectivity index (χ2v) is 5.96. The van der Waals surface area contributed by atoms with E-state index in [9.17, 15) is 4.79 Å². The van der Waals surface area contributed by atoms with Gasteiger partial charge in [0.1, 0.15) is 24.3 Å². The maximum Gasteiger partial charge on any atom is 0.163 e. The van der Waals surface area contributed by atoms with Gasteiger partial charge >= 0.3 is 0 Å². The molecule has 124 valence electrons. The number of methoxy groups -OCH3 is 1. The van der Waals surface area contributed by atoms with Crippen molar-refractivity contribution in [3.05, 3.63) is 18.0 Å². The van der Waals surface area contributed by atoms with Crippen molar-refractivity contribution in [2.24, 2.45) is 5.73 Å². The van der Waals surface area contributed by atoms with Gasteiger partial charge in [-0.05, 0) is 26.8 Å². The van der Waals surface area contributed by atoms with Crippen LogP contribution >= 0.6 is 0 Å². The molecule has 2 heterocycles. The van der Waals surface area contributed by atoms with E-state index in [0.29, 0.717) is 12.4 Å². The number of nitrogens with one attached hydrogen (secondary N) is 1. The maximum absolute atomic E-state index is 10.5. The van der Waals surface area contributed by atoms with E-state index in [1.165, 1.54) is 6.20 Å². The molecule has 2 aliphatic rings. The summed E-state index contributed by atoms with van der Waals surface area (Å²) in [7, 11) is 1.59. The molecular formula is C15H24N2O5. The Hall–Kier alpha value is -1.37. The highest BCUT2D eigenvalue weighted by atomic mass is 16.8. The fourth-order valence-electron chi connectivity index (χ4n) is 2.90. The highest BCUT2D eigenvalue weighted by Crippen LogP contribution is 2.30. The van der Waals surface area contributed by atoms with Crippen LogP contribution in [0.15, 0.2) is 18.0 Å². The zero-order valence-corrected chi connectivity index (χ0v) is 13.4. The van der Waals surface area contributed by atoms with Crippen LogP contribution in [-0.2, 0) is 23.7 Å². The van der Waals surface area contributed by atoms with Crippen LogP contribution in [0.1, 0.15) is 20.8 Å². The van der Waals surface area contributed by atoms with Crippen molar-refractivity contribution in [2.75, 3.05) is 13.7 Å². The van der Waals surface area contributed by atoms with Crippen molar-refractivity contribution in [2.45, 2.75) is 57.0 Å². The molecule has 1 fully saturated rings. The molecule has 0 aromatic carbocycles. The molecule has 7 nitrogen and oxygen atoms in total. The molecule has 0 aromatic heterocycles. The molecule has 0 saturated carbocycles. The van der Waals surface area contributed by atoms with Crippen molar-refractivity contribution >= 4 is 5.94 Å². The second kappa shape index (κ2) is 6.81. The van der Waals surface area contributed by atoms with Gasteiger partial charge in [-0.1, -0.05) is 0 Å². The number of carbonyl (C=O) groups excluding carboxylic acids is 1. The lowest BCUT2D eigenvalue weighted by Gasteiger charge is -2.40. The molecule has 2 aliphatic heterocycles. The Morgan fingerprint density at radius 1 is 1.59 bits per heavy atom. The first kappa shape index (κ1) is 17.0. The lowest BCUT2D eigenvalue weighted by Crippen LogP contribution is -2.60. The first-order valence-electron chi connectivity index (χ1n) is 7.28. The van der Waals surface area contributed by atoms with Crippen LogP contribution in [0.4, 0.5) is 0 Å². The van der Waals surface area contributed by atoms with Crippen LogP contribution in [-0.4, -0.2) is 55.8 Å². The fourth-order valence-corrected chi connectivity index (χ4v) is 2.90. The van der Waals surface area contributed by atoms with Gasteiger partial charge in [-0.25, -0.2) is 4.79 Å². The van der Waals surface area contributed by atoms with Gasteiger partial charge in [0, 0.05) is 7.11 Å². The number of hydrogen-bond acceptors (Lipinski definition) is 7. The molecule has 0 spiro atoms. The number of ether oxygens (including phenoxy) is 4. The number of nitrogens with two attached hydrogens (primary N) is 1. The van der Waals surface area contributed by atoms with Gasteiger partial charge < -0.3 is 30.0 Å². The van der Waals surface area contributed by atoms with Crippen LogP contribution in [0.25, 0.3) is 0 Å². The monoisotopic (exact) mass is 312 g/mol. The molecule has 7 heteroatoms. The lowest BCUT2D eigenvalue weighted by molar-refractivity contribution is -0.170. The molecule has 0 radical (unpaired) electrons. The standard InChI is InChI=1S/C15H24N2O5/c1-9-7-10(16)12(17-5-6-18)14(21-9)13(19-4)11-8-20-15(2,3)22-11/h5,7,10-14,17H,8,16H2,1-4H3/t10?,11?,12?,13?,14-/m1/s1. The molecule has 0 bridgehead atoms. The molecular weight excluding hydrogens is 288 g/mol. The Morgan fingerprint density at radius 3 is 2.86 bits per heavy atom. The fraction of sp³-hybridized carbons (Fsp3) is 0.733. The van der Waals surface area contributed by atoms with Gasteiger partial charge in [0.05, 0.1) is 30.6 Å². The van der Waals surface area contributed by atoms with Gasteiger partial charge in [0.25, 0.3) is 0 Å². The molecule has 0 aliphatic carbocycles. The summed E-state index contributed by atoms with van der Waals surface area (Å²) in [6.07, 6.45) is 1.90. The van der Waals surface area contributed by atoms with Crippen LogP contribution in [0.2, 0.25) is 0 Å². The van der Waals surface area contributed by atoms with E-state index < -0.39 is 18.0 Å². The topological polar surface area (TPSA) is 92.0 Å². The molecule has 4 unspecified atom stereocenters. The van der Waals surface area contributed by atoms with Gasteiger partial charge in [-0.2, -0.15) is 0 Å². The van der Waals surface area contributed by atoms with E-state index >= 15 is 0 Å². The molecule has 2 rings (SSSR count). The van der Waals surface area contributed by atoms with Crippen molar-refractivity contribution in [3.8, 4) is 0 Å². The Morgan fingerprint density at radius 2 is 2.32 bits per heavy atom. The molecule has 22 heavy (non-hydrogen) atoms. The molecule has 0 amide bonds. The minimum atomic E-state index is -0.658. The zero-order valence-electron chi connectivity index (χ0n) is 13.4. The summed E-state index contributed by atoms with van der Waals surface area (Å²) in [6.45, 7) is 5.94. The van der Waals surface area contributed by atoms with E-state index in [1.54, 1.807) is 19.1 Å². The van der Waals surface area contributed by atoms with Gasteiger partial charge in [-0.15, -0.1) is 0 Å². The third kappa shape index (κ3) is 3.69. The quantitative estimate of drug-likeness (QED) is 0.695. The van der Waals surface area contributed by atoms with Crippen molar-refractivity contribution < 1.29 is 23.7 Å². The van der Waals surface area contributed by atoms with Gasteiger partial charge in [0.2, 0.25) is 0 Å². The van der Waals surface area contributed by atoms with Crippen LogP contribution < -0.4 is 11.1 Å². The molecule has 3 N–H and O–H groups in total. The Bertz CT molecular complexity index is 473. The third-order valence-electron chi connectivity index (χ3n) is 3.85. The largest absolute Gasteiger partial charge is 0.490 e. The number of hydrogen-bond donors (Lipinski definition) is 2. The first-order chi connectivity index (χ1) is 10.4. The normalized spacial score (nSPS) is 35.0. The Balaban J connectivity index is 2.20. The smallest absolute Gasteiger partial charge is 0.163 e. The molecule has 0 aromatic rings. The van der Waals surface area contributed by atoms with Crippen LogP contribution in [0, 0.1) is 0 Å². The molecule has 5 atom stereocenters. The van der Waals surface area contributed by atoms with E-state index in [-0.39, 0.29) is 18.2 Å². The molecule has 1 saturated heterocycles. The highest BCUT2D eigenvalue weighted by Gasteiger charge is 2.46. The maximum atomic E-state index is 10.5. The summed E-state index contributed by atoms with van der Waals surface area (Å²) in [4.78, 5) is 10.5. The summed E-state index contributed by atoms with van der Waals surface area (Å²) in [5, 5.41) is 2.93. The minimum absolute atomic E-state index is 0.285. The average molecular weight is 312 g/mol. The van der Waals surface area contributed by atoms with E-state index in [4.69, 9.17) is 24.7 Å². The van der Waals surface area contributed by atoms with Crippen LogP contribution in [0.5, 0.6) is 0 Å². The SMILES string of the molecule is COC(C1COC(C)(C)O1)[C@@H]1OC(C)=CC(N)C1NC=C=O. The first-order valence-corrected chi connectivity index (χ1v) is 7.28. The Labute approximate surface area is 130 Å². The predicted molar refractivity (Wildman–Crippen MR) is 79.5 cm³/mol. The van der Waals surface area contributed by atoms with Crippen molar-refractivity contribution in [1.29, 1.82) is 0 Å². The predicted octanol–water partition coefficient (Wildman–Crippen LogP) is 0.0863. The van der Waals surface area contributed by atoms with E-state index in [0.717, 1.165) is 0 Å². The number of allylic oxidation sites excluding steroid dienone is 1. The summed E-state index contributed by atoms with van der Waals surface area (Å²) in [6, 6.07) is -0.654. The Kier molecular flexibility index (Phi) is 5.26.